The third-order valence-corrected chi connectivity index (χ3v) is 5.85. The molecule has 2 atom stereocenters. The summed E-state index contributed by atoms with van der Waals surface area (Å²) in [4.78, 5) is 14.4. The zero-order valence-electron chi connectivity index (χ0n) is 15.8. The number of carbonyl (C=O) groups is 1. The van der Waals surface area contributed by atoms with Gasteiger partial charge in [-0.3, -0.25) is 9.69 Å². The Bertz CT molecular complexity index is 870. The SMILES string of the molecule is CC1=C(C(C)(Cc2ccccc2)c2ccccc2)OC2N1C(=O)C2(C)C. The molecule has 134 valence electrons. The average Bonchev–Trinajstić information content (AvgIpc) is 2.99. The smallest absolute Gasteiger partial charge is 0.241 e. The van der Waals surface area contributed by atoms with E-state index in [-0.39, 0.29) is 17.6 Å². The van der Waals surface area contributed by atoms with Crippen LogP contribution in [-0.2, 0) is 21.4 Å². The Morgan fingerprint density at radius 3 is 2.19 bits per heavy atom. The molecule has 2 unspecified atom stereocenters. The summed E-state index contributed by atoms with van der Waals surface area (Å²) in [5.41, 5.74) is 2.60. The lowest BCUT2D eigenvalue weighted by Gasteiger charge is -2.47. The molecule has 2 heterocycles. The molecule has 1 amide bonds. The minimum absolute atomic E-state index is 0.144. The largest absolute Gasteiger partial charge is 0.471 e. The van der Waals surface area contributed by atoms with Crippen molar-refractivity contribution < 1.29 is 9.53 Å². The number of nitrogens with zero attached hydrogens (tertiary/aromatic N) is 1. The summed E-state index contributed by atoms with van der Waals surface area (Å²) >= 11 is 0. The monoisotopic (exact) mass is 347 g/mol. The van der Waals surface area contributed by atoms with Crippen LogP contribution in [0.3, 0.4) is 0 Å². The number of ether oxygens (including phenoxy) is 1. The van der Waals surface area contributed by atoms with E-state index in [0.717, 1.165) is 17.9 Å². The normalized spacial score (nSPS) is 23.2. The van der Waals surface area contributed by atoms with E-state index in [0.29, 0.717) is 0 Å². The molecule has 3 nitrogen and oxygen atoms in total. The third kappa shape index (κ3) is 2.30. The Morgan fingerprint density at radius 2 is 1.62 bits per heavy atom. The fraction of sp³-hybridized carbons (Fsp3) is 0.348. The number of hydrogen-bond acceptors (Lipinski definition) is 2. The van der Waals surface area contributed by atoms with Gasteiger partial charge in [0.05, 0.1) is 11.1 Å². The molecule has 1 saturated heterocycles. The summed E-state index contributed by atoms with van der Waals surface area (Å²) in [7, 11) is 0. The Hall–Kier alpha value is -2.55. The van der Waals surface area contributed by atoms with Gasteiger partial charge in [-0.05, 0) is 45.2 Å². The highest BCUT2D eigenvalue weighted by Crippen LogP contribution is 2.52. The van der Waals surface area contributed by atoms with E-state index in [1.54, 1.807) is 0 Å². The summed E-state index contributed by atoms with van der Waals surface area (Å²) in [5.74, 6) is 1.06. The van der Waals surface area contributed by atoms with E-state index >= 15 is 0 Å². The molecule has 2 aromatic rings. The first-order chi connectivity index (χ1) is 12.4. The van der Waals surface area contributed by atoms with Crippen molar-refractivity contribution in [2.24, 2.45) is 5.41 Å². The van der Waals surface area contributed by atoms with E-state index in [2.05, 4.69) is 55.5 Å². The topological polar surface area (TPSA) is 29.5 Å². The quantitative estimate of drug-likeness (QED) is 0.754. The molecule has 0 radical (unpaired) electrons. The van der Waals surface area contributed by atoms with Crippen molar-refractivity contribution in [3.05, 3.63) is 83.2 Å². The van der Waals surface area contributed by atoms with Gasteiger partial charge in [-0.25, -0.2) is 0 Å². The van der Waals surface area contributed by atoms with E-state index in [9.17, 15) is 4.79 Å². The van der Waals surface area contributed by atoms with Crippen LogP contribution in [0.2, 0.25) is 0 Å². The first-order valence-corrected chi connectivity index (χ1v) is 9.17. The minimum atomic E-state index is -0.465. The molecule has 2 aromatic carbocycles. The van der Waals surface area contributed by atoms with Gasteiger partial charge in [-0.2, -0.15) is 0 Å². The van der Waals surface area contributed by atoms with Gasteiger partial charge in [0.15, 0.2) is 6.23 Å². The summed E-state index contributed by atoms with van der Waals surface area (Å²) in [6.45, 7) is 8.15. The summed E-state index contributed by atoms with van der Waals surface area (Å²) in [6, 6.07) is 20.9. The van der Waals surface area contributed by atoms with E-state index in [4.69, 9.17) is 4.74 Å². The molecule has 2 aliphatic heterocycles. The maximum Gasteiger partial charge on any atom is 0.241 e. The number of allylic oxidation sites excluding steroid dienone is 2. The molecule has 0 spiro atoms. The van der Waals surface area contributed by atoms with Crippen molar-refractivity contribution in [3.63, 3.8) is 0 Å². The molecule has 3 heteroatoms. The first kappa shape index (κ1) is 16.9. The van der Waals surface area contributed by atoms with Crippen LogP contribution in [0.25, 0.3) is 0 Å². The van der Waals surface area contributed by atoms with Crippen LogP contribution in [0, 0.1) is 5.41 Å². The van der Waals surface area contributed by atoms with Gasteiger partial charge in [-0.1, -0.05) is 60.7 Å². The molecule has 26 heavy (non-hydrogen) atoms. The molecule has 0 aliphatic carbocycles. The van der Waals surface area contributed by atoms with Crippen LogP contribution >= 0.6 is 0 Å². The lowest BCUT2D eigenvalue weighted by atomic mass is 9.75. The van der Waals surface area contributed by atoms with Crippen molar-refractivity contribution in [2.45, 2.75) is 45.8 Å². The van der Waals surface area contributed by atoms with E-state index in [1.807, 2.05) is 37.8 Å². The Morgan fingerprint density at radius 1 is 1.04 bits per heavy atom. The standard InChI is InChI=1S/C23H25NO2/c1-16-19(26-21-22(2,3)20(25)24(16)21)23(4,18-13-9-6-10-14-18)15-17-11-7-5-8-12-17/h5-14,21H,15H2,1-4H3. The zero-order chi connectivity index (χ0) is 18.5. The third-order valence-electron chi connectivity index (χ3n) is 5.85. The highest BCUT2D eigenvalue weighted by Gasteiger charge is 2.62. The van der Waals surface area contributed by atoms with Crippen molar-refractivity contribution in [1.82, 2.24) is 4.90 Å². The zero-order valence-corrected chi connectivity index (χ0v) is 15.8. The highest BCUT2D eigenvalue weighted by atomic mass is 16.5. The number of hydrogen-bond donors (Lipinski definition) is 0. The van der Waals surface area contributed by atoms with Crippen LogP contribution in [0.1, 0.15) is 38.8 Å². The van der Waals surface area contributed by atoms with Crippen molar-refractivity contribution in [3.8, 4) is 0 Å². The van der Waals surface area contributed by atoms with Gasteiger partial charge in [0.2, 0.25) is 5.91 Å². The maximum absolute atomic E-state index is 12.6. The molecule has 0 saturated carbocycles. The second kappa shape index (κ2) is 5.73. The molecule has 1 fully saturated rings. The fourth-order valence-corrected chi connectivity index (χ4v) is 4.27. The molecular weight excluding hydrogens is 322 g/mol. The molecular formula is C23H25NO2. The van der Waals surface area contributed by atoms with Crippen LogP contribution in [-0.4, -0.2) is 17.0 Å². The Kier molecular flexibility index (Phi) is 3.72. The summed E-state index contributed by atoms with van der Waals surface area (Å²) in [6.07, 6.45) is 0.628. The molecule has 4 rings (SSSR count). The van der Waals surface area contributed by atoms with Gasteiger partial charge in [0.25, 0.3) is 0 Å². The molecule has 0 bridgehead atoms. The minimum Gasteiger partial charge on any atom is -0.471 e. The van der Waals surface area contributed by atoms with Crippen molar-refractivity contribution in [1.29, 1.82) is 0 Å². The van der Waals surface area contributed by atoms with Crippen molar-refractivity contribution >= 4 is 5.91 Å². The first-order valence-electron chi connectivity index (χ1n) is 9.17. The van der Waals surface area contributed by atoms with Crippen LogP contribution in [0.4, 0.5) is 0 Å². The number of amides is 1. The van der Waals surface area contributed by atoms with Crippen LogP contribution in [0.15, 0.2) is 72.1 Å². The number of β-lactam (4-membered cyclic amide) rings is 1. The van der Waals surface area contributed by atoms with Crippen LogP contribution in [0.5, 0.6) is 0 Å². The second-order valence-corrected chi connectivity index (χ2v) is 8.14. The highest BCUT2D eigenvalue weighted by molar-refractivity contribution is 5.91. The predicted molar refractivity (Wildman–Crippen MR) is 102 cm³/mol. The Labute approximate surface area is 155 Å². The average molecular weight is 347 g/mol. The Balaban J connectivity index is 1.80. The van der Waals surface area contributed by atoms with E-state index < -0.39 is 5.41 Å². The summed E-state index contributed by atoms with van der Waals surface area (Å²) in [5, 5.41) is 0. The van der Waals surface area contributed by atoms with Gasteiger partial charge in [0.1, 0.15) is 11.2 Å². The maximum atomic E-state index is 12.6. The predicted octanol–water partition coefficient (Wildman–Crippen LogP) is 4.64. The van der Waals surface area contributed by atoms with E-state index in [1.165, 1.54) is 11.1 Å². The second-order valence-electron chi connectivity index (χ2n) is 8.14. The van der Waals surface area contributed by atoms with Crippen molar-refractivity contribution in [2.75, 3.05) is 0 Å². The lowest BCUT2D eigenvalue weighted by molar-refractivity contribution is -0.187. The number of carbonyl (C=O) groups excluding carboxylic acids is 1. The lowest BCUT2D eigenvalue weighted by Crippen LogP contribution is -2.63. The van der Waals surface area contributed by atoms with Gasteiger partial charge in [0, 0.05) is 0 Å². The summed E-state index contributed by atoms with van der Waals surface area (Å²) < 4.78 is 6.43. The molecule has 0 aromatic heterocycles. The number of fused-ring (bicyclic) bond motifs is 1. The van der Waals surface area contributed by atoms with Gasteiger partial charge < -0.3 is 4.74 Å². The molecule has 0 N–H and O–H groups in total. The fourth-order valence-electron chi connectivity index (χ4n) is 4.27. The number of rotatable bonds is 4. The van der Waals surface area contributed by atoms with Gasteiger partial charge in [-0.15, -0.1) is 0 Å². The molecule has 2 aliphatic rings. The van der Waals surface area contributed by atoms with Gasteiger partial charge >= 0.3 is 0 Å². The number of benzene rings is 2. The van der Waals surface area contributed by atoms with Crippen LogP contribution < -0.4 is 0 Å².